The van der Waals surface area contributed by atoms with Gasteiger partial charge in [-0.05, 0) is 23.6 Å². The topological polar surface area (TPSA) is 235 Å². The van der Waals surface area contributed by atoms with Gasteiger partial charge in [0, 0.05) is 53.1 Å². The van der Waals surface area contributed by atoms with Gasteiger partial charge in [0.15, 0.2) is 5.69 Å². The second-order valence-corrected chi connectivity index (χ2v) is 9.92. The fourth-order valence-electron chi connectivity index (χ4n) is 4.35. The predicted octanol–water partition coefficient (Wildman–Crippen LogP) is 4.54. The number of hydrogen-bond acceptors (Lipinski definition) is 12. The second kappa shape index (κ2) is 16.8. The number of non-ortho nitro benzene ring substituents is 2. The van der Waals surface area contributed by atoms with Crippen LogP contribution in [0.2, 0.25) is 0 Å². The van der Waals surface area contributed by atoms with Crippen LogP contribution in [-0.2, 0) is 17.4 Å². The maximum atomic E-state index is 10.8. The van der Waals surface area contributed by atoms with Crippen molar-refractivity contribution in [2.45, 2.75) is 6.92 Å². The van der Waals surface area contributed by atoms with E-state index in [2.05, 4.69) is 25.6 Å². The molecule has 50 heavy (non-hydrogen) atoms. The molecule has 0 aliphatic rings. The molecule has 6 rings (SSSR count). The molecule has 0 aliphatic carbocycles. The molecule has 1 heterocycles. The minimum absolute atomic E-state index is 0. The van der Waals surface area contributed by atoms with Crippen LogP contribution in [0.1, 0.15) is 5.69 Å². The third-order valence-electron chi connectivity index (χ3n) is 6.74. The van der Waals surface area contributed by atoms with E-state index in [-0.39, 0.29) is 93.5 Å². The molecule has 0 unspecified atom stereocenters. The maximum Gasteiger partial charge on any atom is 1.00 e. The van der Waals surface area contributed by atoms with E-state index in [1.807, 2.05) is 24.3 Å². The van der Waals surface area contributed by atoms with Gasteiger partial charge in [0.2, 0.25) is 5.69 Å². The first kappa shape index (κ1) is 38.3. The Hall–Kier alpha value is -6.10. The van der Waals surface area contributed by atoms with Gasteiger partial charge < -0.3 is 25.5 Å². The summed E-state index contributed by atoms with van der Waals surface area (Å²) < 4.78 is 1.30. The molecular formula is C32H24CrLiN8O8+. The van der Waals surface area contributed by atoms with Crippen LogP contribution in [0.3, 0.4) is 0 Å². The van der Waals surface area contributed by atoms with Gasteiger partial charge in [0.05, 0.1) is 15.9 Å². The first-order valence-electron chi connectivity index (χ1n) is 13.9. The number of nitrogens with zero attached hydrogens (tertiary/aromatic N) is 8. The summed E-state index contributed by atoms with van der Waals surface area (Å²) in [6.07, 6.45) is 0. The van der Waals surface area contributed by atoms with E-state index in [4.69, 9.17) is 0 Å². The summed E-state index contributed by atoms with van der Waals surface area (Å²) >= 11 is 0. The molecule has 0 radical (unpaired) electrons. The van der Waals surface area contributed by atoms with Gasteiger partial charge in [-0.25, -0.2) is 0 Å². The summed E-state index contributed by atoms with van der Waals surface area (Å²) in [7, 11) is 0. The molecule has 4 N–H and O–H groups in total. The van der Waals surface area contributed by atoms with E-state index in [0.717, 1.165) is 29.7 Å². The smallest absolute Gasteiger partial charge is 0.506 e. The van der Waals surface area contributed by atoms with Crippen molar-refractivity contribution in [3.8, 4) is 28.8 Å². The minimum atomic E-state index is -0.614. The van der Waals surface area contributed by atoms with Gasteiger partial charge in [-0.15, -0.1) is 20.5 Å². The zero-order valence-corrected chi connectivity index (χ0v) is 27.5. The number of aromatic nitrogens is 2. The zero-order valence-electron chi connectivity index (χ0n) is 26.2. The van der Waals surface area contributed by atoms with Crippen molar-refractivity contribution in [2.24, 2.45) is 20.5 Å². The number of azo groups is 2. The molecule has 5 aromatic carbocycles. The fourth-order valence-corrected chi connectivity index (χ4v) is 4.35. The Balaban J connectivity index is 0.000000261. The van der Waals surface area contributed by atoms with Crippen LogP contribution in [0.25, 0.3) is 16.5 Å². The van der Waals surface area contributed by atoms with E-state index in [1.54, 1.807) is 43.3 Å². The third-order valence-corrected chi connectivity index (χ3v) is 6.74. The normalized spacial score (nSPS) is 10.7. The van der Waals surface area contributed by atoms with Crippen molar-refractivity contribution in [1.82, 2.24) is 5.10 Å². The van der Waals surface area contributed by atoms with Gasteiger partial charge in [-0.3, -0.25) is 20.2 Å². The first-order valence-corrected chi connectivity index (χ1v) is 13.9. The van der Waals surface area contributed by atoms with Crippen LogP contribution in [0.5, 0.6) is 23.1 Å². The number of nitro groups is 2. The van der Waals surface area contributed by atoms with Gasteiger partial charge in [0.25, 0.3) is 11.4 Å². The molecule has 1 aromatic heterocycles. The van der Waals surface area contributed by atoms with E-state index >= 15 is 0 Å². The molecular weight excluding hydrogens is 683 g/mol. The van der Waals surface area contributed by atoms with E-state index in [0.29, 0.717) is 16.8 Å². The molecule has 0 saturated carbocycles. The number of fused-ring (bicyclic) bond motifs is 1. The van der Waals surface area contributed by atoms with Gasteiger partial charge in [0.1, 0.15) is 34.3 Å². The number of benzene rings is 5. The Morgan fingerprint density at radius 1 is 0.640 bits per heavy atom. The molecule has 0 fully saturated rings. The van der Waals surface area contributed by atoms with E-state index in [1.165, 1.54) is 22.9 Å². The molecule has 0 atom stereocenters. The molecule has 16 nitrogen and oxygen atoms in total. The predicted molar refractivity (Wildman–Crippen MR) is 171 cm³/mol. The summed E-state index contributed by atoms with van der Waals surface area (Å²) in [4.78, 5) is 20.2. The zero-order chi connectivity index (χ0) is 34.4. The van der Waals surface area contributed by atoms with Crippen molar-refractivity contribution in [3.63, 3.8) is 0 Å². The molecule has 0 bridgehead atoms. The number of rotatable bonds is 7. The SMILES string of the molecule is Cc1[n-][n+](-c2ccccc2)c(O)c1N=Nc1cc([N+](=O)[O-])ccc1O.O=[N+]([O-])c1ccc(N=Nc2c(O)ccc3ccccc23)c(O)c1.[Cr].[Li+]. The van der Waals surface area contributed by atoms with E-state index < -0.39 is 9.85 Å². The van der Waals surface area contributed by atoms with Gasteiger partial charge >= 0.3 is 24.7 Å². The Kier molecular flexibility index (Phi) is 12.9. The molecule has 18 heteroatoms. The summed E-state index contributed by atoms with van der Waals surface area (Å²) in [5.74, 6) is -0.893. The number of para-hydroxylation sites is 1. The summed E-state index contributed by atoms with van der Waals surface area (Å²) in [5.41, 5.74) is 0.943. The van der Waals surface area contributed by atoms with Crippen LogP contribution >= 0.6 is 0 Å². The largest absolute Gasteiger partial charge is 1.00 e. The van der Waals surface area contributed by atoms with Crippen LogP contribution in [0, 0.1) is 27.2 Å². The van der Waals surface area contributed by atoms with Crippen molar-refractivity contribution in [1.29, 1.82) is 0 Å². The molecule has 0 spiro atoms. The molecule has 0 saturated heterocycles. The average Bonchev–Trinajstić information content (AvgIpc) is 3.37. The van der Waals surface area contributed by atoms with Crippen LogP contribution in [0.4, 0.5) is 34.1 Å². The van der Waals surface area contributed by atoms with Crippen molar-refractivity contribution in [3.05, 3.63) is 129 Å². The summed E-state index contributed by atoms with van der Waals surface area (Å²) in [5, 5.41) is 82.6. The molecule has 246 valence electrons. The number of nitro benzene ring substituents is 2. The Bertz CT molecular complexity index is 2230. The Morgan fingerprint density at radius 3 is 1.90 bits per heavy atom. The van der Waals surface area contributed by atoms with Crippen LogP contribution in [0.15, 0.2) is 124 Å². The second-order valence-electron chi connectivity index (χ2n) is 9.92. The Morgan fingerprint density at radius 2 is 1.22 bits per heavy atom. The molecule has 6 aromatic rings. The quantitative estimate of drug-likeness (QED) is 0.0598. The number of aromatic hydroxyl groups is 4. The van der Waals surface area contributed by atoms with Crippen LogP contribution in [-0.4, -0.2) is 30.3 Å². The monoisotopic (exact) mass is 707 g/mol. The maximum absolute atomic E-state index is 10.8. The number of phenolic OH excluding ortho intramolecular Hbond substituents is 3. The Labute approximate surface area is 305 Å². The van der Waals surface area contributed by atoms with Crippen molar-refractivity contribution >= 4 is 44.9 Å². The van der Waals surface area contributed by atoms with Gasteiger partial charge in [-0.1, -0.05) is 61.1 Å². The number of hydrogen-bond donors (Lipinski definition) is 4. The van der Waals surface area contributed by atoms with Gasteiger partial charge in [-0.2, -0.15) is 4.68 Å². The molecule has 0 amide bonds. The molecule has 0 aliphatic heterocycles. The third kappa shape index (κ3) is 8.67. The fraction of sp³-hybridized carbons (Fsp3) is 0.0312. The minimum Gasteiger partial charge on any atom is -0.506 e. The first-order chi connectivity index (χ1) is 23.0. The van der Waals surface area contributed by atoms with Crippen molar-refractivity contribution < 1.29 is 71.2 Å². The number of phenols is 3. The summed E-state index contributed by atoms with van der Waals surface area (Å²) in [6.45, 7) is 1.64. The van der Waals surface area contributed by atoms with Crippen LogP contribution < -0.4 is 28.6 Å². The average molecular weight is 708 g/mol. The number of aryl methyl sites for hydroxylation is 1. The van der Waals surface area contributed by atoms with Crippen molar-refractivity contribution in [2.75, 3.05) is 0 Å². The summed E-state index contributed by atoms with van der Waals surface area (Å²) in [6, 6.07) is 26.5. The van der Waals surface area contributed by atoms with E-state index in [9.17, 15) is 40.7 Å². The standard InChI is InChI=1S/C16H13N5O4.C16H11N3O4.Cr.Li/c1-10-15(16(23)20(19-10)11-5-3-2-4-6-11)18-17-13-9-12(21(24)25)7-8-14(13)22;20-14-8-5-10-3-1-2-4-12(10)16(14)18-17-13-7-6-11(19(22)23)9-15(13)21;;/h2-9,22-23H,1H3;1-9,20-21H;;/q;;;+1.